The zero-order chi connectivity index (χ0) is 21.6. The van der Waals surface area contributed by atoms with Gasteiger partial charge in [0.25, 0.3) is 0 Å². The number of nitrogens with one attached hydrogen (secondary N) is 2. The van der Waals surface area contributed by atoms with Crippen molar-refractivity contribution in [1.29, 1.82) is 0 Å². The van der Waals surface area contributed by atoms with Gasteiger partial charge < -0.3 is 11.1 Å². The van der Waals surface area contributed by atoms with Crippen molar-refractivity contribution >= 4 is 21.8 Å². The molecule has 0 bridgehead atoms. The van der Waals surface area contributed by atoms with Gasteiger partial charge in [-0.05, 0) is 55.2 Å². The Kier molecular flexibility index (Phi) is 7.46. The molecular formula is C20H24FN3O4S. The van der Waals surface area contributed by atoms with Crippen LogP contribution in [0.5, 0.6) is 0 Å². The van der Waals surface area contributed by atoms with Gasteiger partial charge >= 0.3 is 0 Å². The van der Waals surface area contributed by atoms with Crippen molar-refractivity contribution in [1.82, 2.24) is 10.0 Å². The third-order valence-electron chi connectivity index (χ3n) is 4.31. The SMILES string of the molecule is Cc1ccc(C)c(S(=O)(=O)N[C@H](CCC(N)=O)C(=O)NCc2ccc(F)cc2)c1. The van der Waals surface area contributed by atoms with Crippen LogP contribution in [0, 0.1) is 19.7 Å². The maximum absolute atomic E-state index is 13.0. The van der Waals surface area contributed by atoms with Crippen LogP contribution in [-0.2, 0) is 26.2 Å². The van der Waals surface area contributed by atoms with E-state index in [2.05, 4.69) is 10.0 Å². The van der Waals surface area contributed by atoms with Gasteiger partial charge in [-0.15, -0.1) is 0 Å². The molecule has 4 N–H and O–H groups in total. The number of primary amides is 1. The summed E-state index contributed by atoms with van der Waals surface area (Å²) in [6.07, 6.45) is -0.251. The molecule has 7 nitrogen and oxygen atoms in total. The number of halogens is 1. The summed E-state index contributed by atoms with van der Waals surface area (Å²) in [5, 5.41) is 2.60. The summed E-state index contributed by atoms with van der Waals surface area (Å²) in [4.78, 5) is 23.8. The summed E-state index contributed by atoms with van der Waals surface area (Å²) in [6, 6.07) is 9.32. The van der Waals surface area contributed by atoms with Gasteiger partial charge in [0.1, 0.15) is 11.9 Å². The van der Waals surface area contributed by atoms with E-state index in [1.54, 1.807) is 26.0 Å². The number of nitrogens with two attached hydrogens (primary N) is 1. The quantitative estimate of drug-likeness (QED) is 0.571. The molecule has 0 radical (unpaired) electrons. The number of sulfonamides is 1. The highest BCUT2D eigenvalue weighted by Crippen LogP contribution is 2.17. The van der Waals surface area contributed by atoms with Gasteiger partial charge in [-0.1, -0.05) is 24.3 Å². The number of carbonyl (C=O) groups is 2. The second kappa shape index (κ2) is 9.62. The predicted octanol–water partition coefficient (Wildman–Crippen LogP) is 1.67. The van der Waals surface area contributed by atoms with Gasteiger partial charge in [0.05, 0.1) is 4.90 Å². The summed E-state index contributed by atoms with van der Waals surface area (Å²) in [5.74, 6) is -1.66. The molecular weight excluding hydrogens is 397 g/mol. The molecule has 0 fully saturated rings. The number of hydrogen-bond acceptors (Lipinski definition) is 4. The van der Waals surface area contributed by atoms with Crippen molar-refractivity contribution < 1.29 is 22.4 Å². The third-order valence-corrected chi connectivity index (χ3v) is 5.92. The fraction of sp³-hybridized carbons (Fsp3) is 0.300. The molecule has 0 saturated carbocycles. The van der Waals surface area contributed by atoms with E-state index in [4.69, 9.17) is 5.73 Å². The van der Waals surface area contributed by atoms with Crippen molar-refractivity contribution in [2.24, 2.45) is 5.73 Å². The Morgan fingerprint density at radius 2 is 1.76 bits per heavy atom. The van der Waals surface area contributed by atoms with Gasteiger partial charge in [0.2, 0.25) is 21.8 Å². The lowest BCUT2D eigenvalue weighted by Crippen LogP contribution is -2.47. The highest BCUT2D eigenvalue weighted by molar-refractivity contribution is 7.89. The van der Waals surface area contributed by atoms with E-state index >= 15 is 0 Å². The van der Waals surface area contributed by atoms with Crippen molar-refractivity contribution in [3.8, 4) is 0 Å². The van der Waals surface area contributed by atoms with Crippen LogP contribution in [0.1, 0.15) is 29.5 Å². The largest absolute Gasteiger partial charge is 0.370 e. The average molecular weight is 421 g/mol. The van der Waals surface area contributed by atoms with Crippen LogP contribution in [-0.4, -0.2) is 26.3 Å². The van der Waals surface area contributed by atoms with E-state index in [9.17, 15) is 22.4 Å². The second-order valence-electron chi connectivity index (χ2n) is 6.79. The average Bonchev–Trinajstić information content (AvgIpc) is 2.66. The molecule has 1 atom stereocenters. The topological polar surface area (TPSA) is 118 Å². The van der Waals surface area contributed by atoms with Gasteiger partial charge in [0, 0.05) is 13.0 Å². The first-order valence-corrected chi connectivity index (χ1v) is 10.5. The number of carbonyl (C=O) groups excluding carboxylic acids is 2. The summed E-state index contributed by atoms with van der Waals surface area (Å²) in [7, 11) is -4.01. The molecule has 2 aromatic rings. The molecule has 0 aliphatic carbocycles. The smallest absolute Gasteiger partial charge is 0.241 e. The van der Waals surface area contributed by atoms with E-state index in [1.807, 2.05) is 0 Å². The Morgan fingerprint density at radius 1 is 1.10 bits per heavy atom. The minimum atomic E-state index is -4.01. The molecule has 2 rings (SSSR count). The monoisotopic (exact) mass is 421 g/mol. The van der Waals surface area contributed by atoms with E-state index < -0.39 is 33.7 Å². The normalized spacial score (nSPS) is 12.4. The molecule has 29 heavy (non-hydrogen) atoms. The number of rotatable bonds is 9. The molecule has 0 aliphatic rings. The standard InChI is InChI=1S/C20H24FN3O4S/c1-13-3-4-14(2)18(11-13)29(27,28)24-17(9-10-19(22)25)20(26)23-12-15-5-7-16(21)8-6-15/h3-8,11,17,24H,9-10,12H2,1-2H3,(H2,22,25)(H,23,26)/t17-/m1/s1. The number of hydrogen-bond donors (Lipinski definition) is 3. The number of amides is 2. The first kappa shape index (κ1) is 22.5. The van der Waals surface area contributed by atoms with E-state index in [1.165, 1.54) is 30.3 Å². The maximum Gasteiger partial charge on any atom is 0.241 e. The minimum Gasteiger partial charge on any atom is -0.370 e. The predicted molar refractivity (Wildman–Crippen MR) is 107 cm³/mol. The van der Waals surface area contributed by atoms with Crippen LogP contribution in [0.3, 0.4) is 0 Å². The lowest BCUT2D eigenvalue weighted by Gasteiger charge is -2.19. The molecule has 0 aromatic heterocycles. The van der Waals surface area contributed by atoms with Crippen LogP contribution >= 0.6 is 0 Å². The van der Waals surface area contributed by atoms with Gasteiger partial charge in [0.15, 0.2) is 0 Å². The molecule has 0 aliphatic heterocycles. The molecule has 0 saturated heterocycles. The summed E-state index contributed by atoms with van der Waals surface area (Å²) in [6.45, 7) is 3.50. The summed E-state index contributed by atoms with van der Waals surface area (Å²) < 4.78 is 41.0. The highest BCUT2D eigenvalue weighted by atomic mass is 32.2. The number of aryl methyl sites for hydroxylation is 2. The molecule has 0 spiro atoms. The maximum atomic E-state index is 13.0. The zero-order valence-corrected chi connectivity index (χ0v) is 17.1. The first-order valence-electron chi connectivity index (χ1n) is 8.98. The van der Waals surface area contributed by atoms with Crippen molar-refractivity contribution in [2.45, 2.75) is 44.2 Å². The Hall–Kier alpha value is -2.78. The van der Waals surface area contributed by atoms with Crippen molar-refractivity contribution in [3.05, 3.63) is 65.0 Å². The molecule has 0 heterocycles. The summed E-state index contributed by atoms with van der Waals surface area (Å²) >= 11 is 0. The summed E-state index contributed by atoms with van der Waals surface area (Å²) in [5.41, 5.74) is 7.09. The van der Waals surface area contributed by atoms with Crippen molar-refractivity contribution in [2.75, 3.05) is 0 Å². The minimum absolute atomic E-state index is 0.0629. The lowest BCUT2D eigenvalue weighted by molar-refractivity contribution is -0.123. The van der Waals surface area contributed by atoms with Gasteiger partial charge in [-0.3, -0.25) is 9.59 Å². The molecule has 156 valence electrons. The lowest BCUT2D eigenvalue weighted by atomic mass is 10.1. The second-order valence-corrected chi connectivity index (χ2v) is 8.47. The van der Waals surface area contributed by atoms with Crippen LogP contribution in [0.4, 0.5) is 4.39 Å². The molecule has 2 amide bonds. The third kappa shape index (κ3) is 6.65. The molecule has 9 heteroatoms. The Morgan fingerprint density at radius 3 is 2.38 bits per heavy atom. The van der Waals surface area contributed by atoms with Gasteiger partial charge in [-0.2, -0.15) is 4.72 Å². The fourth-order valence-electron chi connectivity index (χ4n) is 2.69. The van der Waals surface area contributed by atoms with Crippen LogP contribution < -0.4 is 15.8 Å². The van der Waals surface area contributed by atoms with E-state index in [0.29, 0.717) is 11.1 Å². The number of benzene rings is 2. The Bertz CT molecular complexity index is 991. The Balaban J connectivity index is 2.17. The molecule has 2 aromatic carbocycles. The van der Waals surface area contributed by atoms with Crippen LogP contribution in [0.25, 0.3) is 0 Å². The van der Waals surface area contributed by atoms with Crippen LogP contribution in [0.2, 0.25) is 0 Å². The van der Waals surface area contributed by atoms with Crippen molar-refractivity contribution in [3.63, 3.8) is 0 Å². The van der Waals surface area contributed by atoms with E-state index in [-0.39, 0.29) is 24.3 Å². The molecule has 0 unspecified atom stereocenters. The van der Waals surface area contributed by atoms with Gasteiger partial charge in [-0.25, -0.2) is 12.8 Å². The Labute approximate surface area is 169 Å². The highest BCUT2D eigenvalue weighted by Gasteiger charge is 2.27. The zero-order valence-electron chi connectivity index (χ0n) is 16.2. The fourth-order valence-corrected chi connectivity index (χ4v) is 4.25. The first-order chi connectivity index (χ1) is 13.6. The van der Waals surface area contributed by atoms with Crippen LogP contribution in [0.15, 0.2) is 47.4 Å². The van der Waals surface area contributed by atoms with E-state index in [0.717, 1.165) is 5.56 Å².